The lowest BCUT2D eigenvalue weighted by molar-refractivity contribution is -0.946. The zero-order valence-corrected chi connectivity index (χ0v) is 24.2. The molecule has 0 saturated heterocycles. The van der Waals surface area contributed by atoms with Crippen molar-refractivity contribution in [3.05, 3.63) is 90.7 Å². The molecular formula is C31H50N3+. The second kappa shape index (κ2) is 16.7. The van der Waals surface area contributed by atoms with E-state index < -0.39 is 5.79 Å². The van der Waals surface area contributed by atoms with Crippen LogP contribution in [0.3, 0.4) is 0 Å². The van der Waals surface area contributed by atoms with Crippen molar-refractivity contribution in [1.29, 1.82) is 0 Å². The molecule has 188 valence electrons. The minimum absolute atomic E-state index is 0. The average Bonchev–Trinajstić information content (AvgIpc) is 3.43. The molecule has 0 saturated carbocycles. The number of hydrogen-bond acceptors (Lipinski definition) is 1. The second-order valence-corrected chi connectivity index (χ2v) is 8.24. The van der Waals surface area contributed by atoms with E-state index in [-0.39, 0.29) is 7.43 Å². The summed E-state index contributed by atoms with van der Waals surface area (Å²) >= 11 is 0. The number of aromatic nitrogens is 2. The lowest BCUT2D eigenvalue weighted by Crippen LogP contribution is -2.66. The lowest BCUT2D eigenvalue weighted by atomic mass is 10.2. The molecule has 1 spiro atoms. The molecule has 0 fully saturated rings. The van der Waals surface area contributed by atoms with Gasteiger partial charge in [-0.15, -0.1) is 9.13 Å². The zero-order valence-electron chi connectivity index (χ0n) is 24.2. The molecule has 0 amide bonds. The Morgan fingerprint density at radius 1 is 0.618 bits per heavy atom. The van der Waals surface area contributed by atoms with Gasteiger partial charge in [0.1, 0.15) is 0 Å². The Morgan fingerprint density at radius 2 is 0.971 bits per heavy atom. The van der Waals surface area contributed by atoms with Crippen LogP contribution in [0.5, 0.6) is 0 Å². The normalized spacial score (nSPS) is 11.9. The summed E-state index contributed by atoms with van der Waals surface area (Å²) in [7, 11) is 0. The van der Waals surface area contributed by atoms with Crippen LogP contribution in [0.15, 0.2) is 88.2 Å². The first-order chi connectivity index (χ1) is 15.7. The third-order valence-electron chi connectivity index (χ3n) is 5.36. The Kier molecular flexibility index (Phi) is 16.4. The van der Waals surface area contributed by atoms with Crippen LogP contribution in [0.2, 0.25) is 0 Å². The van der Waals surface area contributed by atoms with Crippen molar-refractivity contribution in [2.24, 2.45) is 4.99 Å². The second-order valence-electron chi connectivity index (χ2n) is 8.24. The van der Waals surface area contributed by atoms with E-state index in [1.54, 1.807) is 0 Å². The Morgan fingerprint density at radius 3 is 1.24 bits per heavy atom. The first-order valence-corrected chi connectivity index (χ1v) is 12.2. The van der Waals surface area contributed by atoms with E-state index in [4.69, 9.17) is 0 Å². The average molecular weight is 465 g/mol. The highest BCUT2D eigenvalue weighted by Crippen LogP contribution is 2.26. The fraction of sp³-hybridized carbons (Fsp3) is 0.419. The zero-order chi connectivity index (χ0) is 25.6. The van der Waals surface area contributed by atoms with E-state index in [2.05, 4.69) is 112 Å². The highest BCUT2D eigenvalue weighted by atomic mass is 15.4. The number of fused-ring (bicyclic) bond motifs is 5. The van der Waals surface area contributed by atoms with Crippen molar-refractivity contribution >= 4 is 6.21 Å². The van der Waals surface area contributed by atoms with Crippen LogP contribution in [0.25, 0.3) is 11.4 Å². The van der Waals surface area contributed by atoms with Crippen LogP contribution >= 0.6 is 0 Å². The quantitative estimate of drug-likeness (QED) is 0.212. The molecule has 0 N–H and O–H groups in total. The summed E-state index contributed by atoms with van der Waals surface area (Å²) in [5.74, 6) is -0.423. The largest absolute Gasteiger partial charge is 0.488 e. The van der Waals surface area contributed by atoms with Gasteiger partial charge in [-0.3, -0.25) is 0 Å². The molecule has 0 bridgehead atoms. The summed E-state index contributed by atoms with van der Waals surface area (Å²) in [6.45, 7) is 25.0. The summed E-state index contributed by atoms with van der Waals surface area (Å²) in [6, 6.07) is 12.5. The van der Waals surface area contributed by atoms with Gasteiger partial charge in [-0.1, -0.05) is 50.0 Å². The fourth-order valence-corrected chi connectivity index (χ4v) is 2.65. The number of aliphatic imine (C=N–C) groups is 1. The first kappa shape index (κ1) is 33.4. The van der Waals surface area contributed by atoms with E-state index >= 15 is 0 Å². The maximum Gasteiger partial charge on any atom is 0.488 e. The van der Waals surface area contributed by atoms with Crippen molar-refractivity contribution in [2.45, 2.75) is 88.9 Å². The predicted molar refractivity (Wildman–Crippen MR) is 152 cm³/mol. The third kappa shape index (κ3) is 8.52. The highest BCUT2D eigenvalue weighted by molar-refractivity contribution is 5.74. The van der Waals surface area contributed by atoms with Gasteiger partial charge in [0.05, 0.1) is 6.08 Å². The first-order valence-electron chi connectivity index (χ1n) is 12.2. The Labute approximate surface area is 211 Å². The maximum absolute atomic E-state index is 4.64. The number of hydrogen-bond donors (Lipinski definition) is 0. The van der Waals surface area contributed by atoms with Crippen LogP contribution in [0, 0.1) is 7.43 Å². The number of nitrogens with zero attached hydrogens (tertiary/aromatic N) is 3. The Hall–Kier alpha value is -2.81. The van der Waals surface area contributed by atoms with Crippen molar-refractivity contribution in [3.8, 4) is 11.4 Å². The van der Waals surface area contributed by atoms with Gasteiger partial charge in [0.25, 0.3) is 11.4 Å². The lowest BCUT2D eigenvalue weighted by Gasteiger charge is -2.06. The van der Waals surface area contributed by atoms with Gasteiger partial charge in [-0.05, 0) is 73.6 Å². The SMILES string of the molecule is C1=CC2(N=C1)[n+]1ccccc1-c1cccc[n+]12.CC.CC.CC(C)=C(C)C.CC(C)=C(C)C.[CH3-]. The molecule has 4 rings (SSSR count). The predicted octanol–water partition coefficient (Wildman–Crippen LogP) is 8.27. The maximum atomic E-state index is 4.64. The topological polar surface area (TPSA) is 20.1 Å². The van der Waals surface area contributed by atoms with Crippen LogP contribution in [-0.2, 0) is 5.79 Å². The van der Waals surface area contributed by atoms with Crippen molar-refractivity contribution < 1.29 is 9.13 Å². The minimum atomic E-state index is -0.423. The minimum Gasteiger partial charge on any atom is -0.358 e. The molecule has 0 aliphatic carbocycles. The van der Waals surface area contributed by atoms with E-state index in [0.29, 0.717) is 0 Å². The molecule has 0 radical (unpaired) electrons. The Bertz CT molecular complexity index is 874. The number of rotatable bonds is 0. The summed E-state index contributed by atoms with van der Waals surface area (Å²) in [4.78, 5) is 4.64. The van der Waals surface area contributed by atoms with Crippen molar-refractivity contribution in [3.63, 3.8) is 0 Å². The molecule has 34 heavy (non-hydrogen) atoms. The molecule has 2 aromatic heterocycles. The van der Waals surface area contributed by atoms with Gasteiger partial charge < -0.3 is 7.43 Å². The Balaban J connectivity index is 0. The molecule has 0 aromatic carbocycles. The van der Waals surface area contributed by atoms with E-state index in [0.717, 1.165) is 0 Å². The summed E-state index contributed by atoms with van der Waals surface area (Å²) in [5, 5.41) is 0. The van der Waals surface area contributed by atoms with Gasteiger partial charge in [-0.2, -0.15) is 4.99 Å². The smallest absolute Gasteiger partial charge is 0.358 e. The fourth-order valence-electron chi connectivity index (χ4n) is 2.65. The molecule has 2 aromatic rings. The van der Waals surface area contributed by atoms with E-state index in [1.165, 1.54) is 33.7 Å². The number of pyridine rings is 2. The van der Waals surface area contributed by atoms with Crippen molar-refractivity contribution in [2.75, 3.05) is 0 Å². The summed E-state index contributed by atoms with van der Waals surface area (Å²) in [6.07, 6.45) is 10.1. The highest BCUT2D eigenvalue weighted by Gasteiger charge is 2.58. The van der Waals surface area contributed by atoms with Crippen molar-refractivity contribution in [1.82, 2.24) is 0 Å². The van der Waals surface area contributed by atoms with Crippen LogP contribution in [0.1, 0.15) is 83.1 Å². The molecular weight excluding hydrogens is 414 g/mol. The van der Waals surface area contributed by atoms with Crippen LogP contribution in [-0.4, -0.2) is 6.21 Å². The van der Waals surface area contributed by atoms with Gasteiger partial charge in [0, 0.05) is 30.5 Å². The van der Waals surface area contributed by atoms with Gasteiger partial charge in [0.15, 0.2) is 12.4 Å². The van der Waals surface area contributed by atoms with Gasteiger partial charge in [0.2, 0.25) is 0 Å². The monoisotopic (exact) mass is 464 g/mol. The van der Waals surface area contributed by atoms with Gasteiger partial charge >= 0.3 is 5.79 Å². The summed E-state index contributed by atoms with van der Waals surface area (Å²) < 4.78 is 4.39. The standard InChI is InChI=1S/C14H11N3.2C6H12.2C2H6.CH3/c1-3-10-16-12(6-1)13-7-2-4-11-17(13)14(16)8-5-9-15-14;2*1-5(2)6(3)4;2*1-2;/h1-11H;2*1-4H3;2*1-2H3;1H3/q+2;;;;;-1. The van der Waals surface area contributed by atoms with E-state index in [9.17, 15) is 0 Å². The van der Waals surface area contributed by atoms with Crippen LogP contribution < -0.4 is 9.13 Å². The molecule has 0 unspecified atom stereocenters. The third-order valence-corrected chi connectivity index (χ3v) is 5.36. The van der Waals surface area contributed by atoms with Gasteiger partial charge in [-0.25, -0.2) is 0 Å². The van der Waals surface area contributed by atoms with E-state index in [1.807, 2.05) is 52.1 Å². The number of allylic oxidation sites excluding steroid dienone is 5. The molecule has 4 heterocycles. The molecule has 0 atom stereocenters. The molecule has 2 aliphatic rings. The summed E-state index contributed by atoms with van der Waals surface area (Å²) in [5.41, 5.74) is 8.09. The molecule has 2 aliphatic heterocycles. The molecule has 3 heteroatoms. The van der Waals surface area contributed by atoms with Crippen LogP contribution in [0.4, 0.5) is 0 Å². The molecule has 3 nitrogen and oxygen atoms in total.